The molecular weight excluding hydrogens is 162 g/mol. The quantitative estimate of drug-likeness (QED) is 0.665. The molecule has 1 aliphatic rings. The van der Waals surface area contributed by atoms with Gasteiger partial charge in [0, 0.05) is 19.7 Å². The summed E-state index contributed by atoms with van der Waals surface area (Å²) < 4.78 is 5.08. The first-order valence-corrected chi connectivity index (χ1v) is 5.43. The average Bonchev–Trinajstić information content (AvgIpc) is 2.15. The van der Waals surface area contributed by atoms with E-state index < -0.39 is 0 Å². The molecule has 13 heavy (non-hydrogen) atoms. The average molecular weight is 185 g/mol. The molecule has 0 aromatic rings. The molecular formula is C11H23NO. The van der Waals surface area contributed by atoms with Crippen LogP contribution in [-0.4, -0.2) is 38.3 Å². The summed E-state index contributed by atoms with van der Waals surface area (Å²) in [6.07, 6.45) is 5.56. The molecule has 0 spiro atoms. The fraction of sp³-hybridized carbons (Fsp3) is 1.00. The molecule has 0 amide bonds. The van der Waals surface area contributed by atoms with Crippen LogP contribution in [0.1, 0.15) is 32.6 Å². The third-order valence-electron chi connectivity index (χ3n) is 3.26. The molecule has 0 aromatic heterocycles. The second-order valence-electron chi connectivity index (χ2n) is 4.39. The maximum Gasteiger partial charge on any atom is 0.0589 e. The Bertz CT molecular complexity index is 130. The van der Waals surface area contributed by atoms with E-state index in [9.17, 15) is 0 Å². The zero-order chi connectivity index (χ0) is 9.68. The van der Waals surface area contributed by atoms with E-state index in [1.807, 2.05) is 0 Å². The van der Waals surface area contributed by atoms with Gasteiger partial charge in [-0.1, -0.05) is 6.92 Å². The second-order valence-corrected chi connectivity index (χ2v) is 4.39. The van der Waals surface area contributed by atoms with Crippen LogP contribution in [0.3, 0.4) is 0 Å². The maximum absolute atomic E-state index is 5.08. The van der Waals surface area contributed by atoms with Gasteiger partial charge in [0.15, 0.2) is 0 Å². The van der Waals surface area contributed by atoms with Crippen LogP contribution < -0.4 is 0 Å². The zero-order valence-corrected chi connectivity index (χ0v) is 9.25. The van der Waals surface area contributed by atoms with E-state index in [0.29, 0.717) is 0 Å². The first-order valence-electron chi connectivity index (χ1n) is 5.43. The fourth-order valence-electron chi connectivity index (χ4n) is 2.10. The molecule has 0 saturated heterocycles. The van der Waals surface area contributed by atoms with Crippen LogP contribution in [0.25, 0.3) is 0 Å². The van der Waals surface area contributed by atoms with Crippen molar-refractivity contribution in [3.63, 3.8) is 0 Å². The summed E-state index contributed by atoms with van der Waals surface area (Å²) in [5.74, 6) is 0.951. The Kier molecular flexibility index (Phi) is 4.74. The molecule has 0 aromatic carbocycles. The summed E-state index contributed by atoms with van der Waals surface area (Å²) >= 11 is 0. The predicted molar refractivity (Wildman–Crippen MR) is 55.9 cm³/mol. The van der Waals surface area contributed by atoms with Crippen molar-refractivity contribution in [1.82, 2.24) is 4.90 Å². The Balaban J connectivity index is 2.19. The van der Waals surface area contributed by atoms with Crippen LogP contribution in [-0.2, 0) is 4.74 Å². The summed E-state index contributed by atoms with van der Waals surface area (Å²) in [6, 6.07) is 0.811. The number of hydrogen-bond donors (Lipinski definition) is 0. The largest absolute Gasteiger partial charge is 0.383 e. The molecule has 1 saturated carbocycles. The molecule has 0 heterocycles. The van der Waals surface area contributed by atoms with Crippen molar-refractivity contribution >= 4 is 0 Å². The lowest BCUT2D eigenvalue weighted by molar-refractivity contribution is 0.115. The summed E-state index contributed by atoms with van der Waals surface area (Å²) in [7, 11) is 4.00. The van der Waals surface area contributed by atoms with Crippen molar-refractivity contribution in [2.45, 2.75) is 38.6 Å². The van der Waals surface area contributed by atoms with Gasteiger partial charge < -0.3 is 9.64 Å². The molecule has 0 radical (unpaired) electrons. The van der Waals surface area contributed by atoms with Gasteiger partial charge in [0.25, 0.3) is 0 Å². The minimum atomic E-state index is 0.811. The van der Waals surface area contributed by atoms with Gasteiger partial charge in [-0.05, 0) is 38.6 Å². The lowest BCUT2D eigenvalue weighted by Gasteiger charge is -2.33. The number of nitrogens with zero attached hydrogens (tertiary/aromatic N) is 1. The molecule has 0 atom stereocenters. The molecule has 0 bridgehead atoms. The molecule has 2 nitrogen and oxygen atoms in total. The van der Waals surface area contributed by atoms with Crippen LogP contribution >= 0.6 is 0 Å². The first kappa shape index (κ1) is 11.0. The van der Waals surface area contributed by atoms with Crippen molar-refractivity contribution in [2.75, 3.05) is 27.3 Å². The third-order valence-corrected chi connectivity index (χ3v) is 3.26. The van der Waals surface area contributed by atoms with Crippen LogP contribution in [0.5, 0.6) is 0 Å². The van der Waals surface area contributed by atoms with E-state index in [1.165, 1.54) is 25.7 Å². The van der Waals surface area contributed by atoms with Crippen LogP contribution in [0, 0.1) is 5.92 Å². The highest BCUT2D eigenvalue weighted by Crippen LogP contribution is 2.26. The molecule has 1 fully saturated rings. The van der Waals surface area contributed by atoms with E-state index in [-0.39, 0.29) is 0 Å². The third kappa shape index (κ3) is 3.65. The summed E-state index contributed by atoms with van der Waals surface area (Å²) in [6.45, 7) is 4.31. The number of rotatable bonds is 4. The zero-order valence-electron chi connectivity index (χ0n) is 9.25. The van der Waals surface area contributed by atoms with Gasteiger partial charge >= 0.3 is 0 Å². The van der Waals surface area contributed by atoms with E-state index in [2.05, 4.69) is 18.9 Å². The highest BCUT2D eigenvalue weighted by atomic mass is 16.5. The molecule has 1 aliphatic carbocycles. The lowest BCUT2D eigenvalue weighted by atomic mass is 9.87. The number of hydrogen-bond acceptors (Lipinski definition) is 2. The monoisotopic (exact) mass is 185 g/mol. The van der Waals surface area contributed by atoms with Gasteiger partial charge in [-0.15, -0.1) is 0 Å². The van der Waals surface area contributed by atoms with Crippen molar-refractivity contribution in [2.24, 2.45) is 5.92 Å². The molecule has 0 aliphatic heterocycles. The number of likely N-dealkylation sites (N-methyl/N-ethyl adjacent to an activating group) is 1. The minimum Gasteiger partial charge on any atom is -0.383 e. The Hall–Kier alpha value is -0.0800. The molecule has 0 N–H and O–H groups in total. The summed E-state index contributed by atoms with van der Waals surface area (Å²) in [4.78, 5) is 2.45. The number of methoxy groups -OCH3 is 1. The summed E-state index contributed by atoms with van der Waals surface area (Å²) in [5.41, 5.74) is 0. The Morgan fingerprint density at radius 3 is 2.38 bits per heavy atom. The van der Waals surface area contributed by atoms with E-state index in [4.69, 9.17) is 4.74 Å². The summed E-state index contributed by atoms with van der Waals surface area (Å²) in [5, 5.41) is 0. The highest BCUT2D eigenvalue weighted by molar-refractivity contribution is 4.76. The normalized spacial score (nSPS) is 29.5. The van der Waals surface area contributed by atoms with Crippen molar-refractivity contribution in [1.29, 1.82) is 0 Å². The molecule has 0 unspecified atom stereocenters. The van der Waals surface area contributed by atoms with E-state index >= 15 is 0 Å². The SMILES string of the molecule is COCCN(C)[C@H]1CC[C@H](C)CC1. The number of ether oxygens (including phenoxy) is 1. The van der Waals surface area contributed by atoms with Gasteiger partial charge in [0.1, 0.15) is 0 Å². The fourth-order valence-corrected chi connectivity index (χ4v) is 2.10. The van der Waals surface area contributed by atoms with Crippen LogP contribution in [0.4, 0.5) is 0 Å². The van der Waals surface area contributed by atoms with Crippen molar-refractivity contribution in [3.05, 3.63) is 0 Å². The maximum atomic E-state index is 5.08. The van der Waals surface area contributed by atoms with Gasteiger partial charge in [0.2, 0.25) is 0 Å². The Morgan fingerprint density at radius 2 is 1.85 bits per heavy atom. The Morgan fingerprint density at radius 1 is 1.23 bits per heavy atom. The van der Waals surface area contributed by atoms with Gasteiger partial charge in [-0.2, -0.15) is 0 Å². The van der Waals surface area contributed by atoms with Gasteiger partial charge in [-0.25, -0.2) is 0 Å². The second kappa shape index (κ2) is 5.61. The lowest BCUT2D eigenvalue weighted by Crippen LogP contribution is -2.36. The van der Waals surface area contributed by atoms with E-state index in [0.717, 1.165) is 25.1 Å². The van der Waals surface area contributed by atoms with Gasteiger partial charge in [0.05, 0.1) is 6.61 Å². The molecule has 78 valence electrons. The van der Waals surface area contributed by atoms with Crippen LogP contribution in [0.2, 0.25) is 0 Å². The smallest absolute Gasteiger partial charge is 0.0589 e. The predicted octanol–water partition coefficient (Wildman–Crippen LogP) is 2.14. The molecule has 2 heteroatoms. The standard InChI is InChI=1S/C11H23NO/c1-10-4-6-11(7-5-10)12(2)8-9-13-3/h10-11H,4-9H2,1-3H3/t10-,11-. The van der Waals surface area contributed by atoms with Gasteiger partial charge in [-0.3, -0.25) is 0 Å². The first-order chi connectivity index (χ1) is 6.24. The van der Waals surface area contributed by atoms with Crippen molar-refractivity contribution in [3.8, 4) is 0 Å². The Labute approximate surface area is 82.3 Å². The van der Waals surface area contributed by atoms with Crippen LogP contribution in [0.15, 0.2) is 0 Å². The highest BCUT2D eigenvalue weighted by Gasteiger charge is 2.20. The molecule has 1 rings (SSSR count). The van der Waals surface area contributed by atoms with Crippen molar-refractivity contribution < 1.29 is 4.74 Å². The minimum absolute atomic E-state index is 0.811. The topological polar surface area (TPSA) is 12.5 Å². The van der Waals surface area contributed by atoms with E-state index in [1.54, 1.807) is 7.11 Å².